The van der Waals surface area contributed by atoms with Crippen molar-refractivity contribution in [3.05, 3.63) is 68.5 Å². The third-order valence-electron chi connectivity index (χ3n) is 6.36. The van der Waals surface area contributed by atoms with Gasteiger partial charge in [0.05, 0.1) is 18.2 Å². The molecule has 162 valence electrons. The maximum Gasteiger partial charge on any atom is 0.161 e. The van der Waals surface area contributed by atoms with E-state index in [1.165, 1.54) is 29.5 Å². The van der Waals surface area contributed by atoms with Crippen molar-refractivity contribution >= 4 is 0 Å². The number of fused-ring (bicyclic) bond motifs is 1. The predicted octanol–water partition coefficient (Wildman–Crippen LogP) is 5.05. The van der Waals surface area contributed by atoms with Crippen molar-refractivity contribution in [1.82, 2.24) is 0 Å². The van der Waals surface area contributed by atoms with Gasteiger partial charge in [-0.25, -0.2) is 0 Å². The van der Waals surface area contributed by atoms with Gasteiger partial charge in [0.1, 0.15) is 19.8 Å². The summed E-state index contributed by atoms with van der Waals surface area (Å²) < 4.78 is 17.5. The minimum atomic E-state index is -0.358. The summed E-state index contributed by atoms with van der Waals surface area (Å²) in [5, 5.41) is 6.21. The predicted molar refractivity (Wildman–Crippen MR) is 116 cm³/mol. The Balaban J connectivity index is 1.42. The average Bonchev–Trinajstić information content (AvgIpc) is 3.64. The van der Waals surface area contributed by atoms with Crippen LogP contribution >= 0.6 is 0 Å². The summed E-state index contributed by atoms with van der Waals surface area (Å²) in [4.78, 5) is 22.0. The van der Waals surface area contributed by atoms with Gasteiger partial charge in [0.2, 0.25) is 0 Å². The van der Waals surface area contributed by atoms with Crippen LogP contribution in [0.3, 0.4) is 0 Å². The maximum absolute atomic E-state index is 11.2. The van der Waals surface area contributed by atoms with Gasteiger partial charge in [0.15, 0.2) is 11.5 Å². The highest BCUT2D eigenvalue weighted by molar-refractivity contribution is 5.47. The molecule has 31 heavy (non-hydrogen) atoms. The van der Waals surface area contributed by atoms with Crippen LogP contribution in [0.1, 0.15) is 60.0 Å². The number of nitrogens with zero attached hydrogens (tertiary/aromatic N) is 2. The SMILES string of the molecule is O=NC[C@@H]1C[C@H](N=O)C[C@H](c2ccc(C3CC3)c(Cc3ccc4c(c3)OCCO4)c2)O1. The van der Waals surface area contributed by atoms with Gasteiger partial charge in [-0.05, 0) is 59.6 Å². The molecule has 0 radical (unpaired) electrons. The van der Waals surface area contributed by atoms with Crippen LogP contribution in [-0.4, -0.2) is 31.9 Å². The monoisotopic (exact) mass is 422 g/mol. The molecule has 2 fully saturated rings. The molecule has 0 N–H and O–H groups in total. The Labute approximate surface area is 181 Å². The number of hydrogen-bond donors (Lipinski definition) is 0. The summed E-state index contributed by atoms with van der Waals surface area (Å²) >= 11 is 0. The molecule has 5 rings (SSSR count). The van der Waals surface area contributed by atoms with Crippen LogP contribution in [0.15, 0.2) is 46.8 Å². The molecule has 0 bridgehead atoms. The Morgan fingerprint density at radius 3 is 2.55 bits per heavy atom. The number of ether oxygens (including phenoxy) is 3. The molecule has 3 atom stereocenters. The van der Waals surface area contributed by atoms with Crippen molar-refractivity contribution in [3.8, 4) is 11.5 Å². The zero-order chi connectivity index (χ0) is 21.2. The van der Waals surface area contributed by atoms with Crippen LogP contribution < -0.4 is 9.47 Å². The van der Waals surface area contributed by atoms with Gasteiger partial charge >= 0.3 is 0 Å². The topological polar surface area (TPSA) is 86.6 Å². The first-order chi connectivity index (χ1) is 15.2. The van der Waals surface area contributed by atoms with Gasteiger partial charge in [-0.3, -0.25) is 0 Å². The van der Waals surface area contributed by atoms with E-state index in [-0.39, 0.29) is 24.8 Å². The van der Waals surface area contributed by atoms with Gasteiger partial charge in [0.25, 0.3) is 0 Å². The third kappa shape index (κ3) is 4.46. The summed E-state index contributed by atoms with van der Waals surface area (Å²) in [6, 6.07) is 12.3. The molecular weight excluding hydrogens is 396 g/mol. The highest BCUT2D eigenvalue weighted by atomic mass is 16.6. The first-order valence-electron chi connectivity index (χ1n) is 11.0. The molecule has 0 unspecified atom stereocenters. The van der Waals surface area contributed by atoms with E-state index in [0.717, 1.165) is 23.5 Å². The fourth-order valence-corrected chi connectivity index (χ4v) is 4.68. The van der Waals surface area contributed by atoms with Crippen LogP contribution in [0.5, 0.6) is 11.5 Å². The number of nitroso groups, excluding NO2 is 2. The second-order valence-corrected chi connectivity index (χ2v) is 8.68. The highest BCUT2D eigenvalue weighted by Gasteiger charge is 2.33. The second kappa shape index (κ2) is 8.75. The van der Waals surface area contributed by atoms with Crippen LogP contribution in [0.25, 0.3) is 0 Å². The molecule has 2 heterocycles. The van der Waals surface area contributed by atoms with Crippen molar-refractivity contribution in [2.45, 2.75) is 56.3 Å². The lowest BCUT2D eigenvalue weighted by Gasteiger charge is -2.32. The summed E-state index contributed by atoms with van der Waals surface area (Å²) in [6.07, 6.45) is 3.60. The van der Waals surface area contributed by atoms with E-state index in [2.05, 4.69) is 40.7 Å². The molecule has 2 aromatic carbocycles. The lowest BCUT2D eigenvalue weighted by atomic mass is 9.90. The summed E-state index contributed by atoms with van der Waals surface area (Å²) in [7, 11) is 0. The third-order valence-corrected chi connectivity index (χ3v) is 6.36. The molecule has 0 spiro atoms. The Bertz CT molecular complexity index is 974. The smallest absolute Gasteiger partial charge is 0.161 e. The summed E-state index contributed by atoms with van der Waals surface area (Å²) in [5.74, 6) is 2.21. The molecule has 2 aliphatic heterocycles. The Kier molecular flexibility index (Phi) is 5.68. The molecule has 7 heteroatoms. The number of rotatable bonds is 7. The minimum absolute atomic E-state index is 0.0483. The van der Waals surface area contributed by atoms with Crippen molar-refractivity contribution in [2.75, 3.05) is 19.8 Å². The van der Waals surface area contributed by atoms with Crippen molar-refractivity contribution in [2.24, 2.45) is 10.4 Å². The van der Waals surface area contributed by atoms with Crippen LogP contribution in [-0.2, 0) is 11.2 Å². The molecule has 1 aliphatic carbocycles. The quantitative estimate of drug-likeness (QED) is 0.583. The van der Waals surface area contributed by atoms with E-state index < -0.39 is 0 Å². The zero-order valence-corrected chi connectivity index (χ0v) is 17.4. The second-order valence-electron chi connectivity index (χ2n) is 8.68. The molecular formula is C24H26N2O5. The van der Waals surface area contributed by atoms with Crippen molar-refractivity contribution in [3.63, 3.8) is 0 Å². The van der Waals surface area contributed by atoms with Gasteiger partial charge in [-0.1, -0.05) is 34.6 Å². The molecule has 1 saturated carbocycles. The van der Waals surface area contributed by atoms with Crippen molar-refractivity contribution < 1.29 is 14.2 Å². The van der Waals surface area contributed by atoms with E-state index in [0.29, 0.717) is 32.0 Å². The Morgan fingerprint density at radius 2 is 1.77 bits per heavy atom. The molecule has 1 saturated heterocycles. The molecule has 0 aromatic heterocycles. The highest BCUT2D eigenvalue weighted by Crippen LogP contribution is 2.44. The van der Waals surface area contributed by atoms with Crippen LogP contribution in [0.4, 0.5) is 0 Å². The first kappa shape index (κ1) is 20.1. The van der Waals surface area contributed by atoms with E-state index in [4.69, 9.17) is 14.2 Å². The fourth-order valence-electron chi connectivity index (χ4n) is 4.68. The lowest BCUT2D eigenvalue weighted by molar-refractivity contribution is -0.0530. The zero-order valence-electron chi connectivity index (χ0n) is 17.4. The first-order valence-corrected chi connectivity index (χ1v) is 11.0. The van der Waals surface area contributed by atoms with Crippen molar-refractivity contribution in [1.29, 1.82) is 0 Å². The van der Waals surface area contributed by atoms with Gasteiger partial charge < -0.3 is 14.2 Å². The standard InChI is InChI=1S/C24H26N2O5/c27-25-14-20-12-19(26-28)13-23(31-20)17-4-5-21(16-2-3-16)18(11-17)9-15-1-6-22-24(10-15)30-8-7-29-22/h1,4-6,10-11,16,19-20,23H,2-3,7-9,12-14H2/t19-,20-,23+/m0/s1. The van der Waals surface area contributed by atoms with E-state index in [9.17, 15) is 9.81 Å². The molecule has 0 amide bonds. The minimum Gasteiger partial charge on any atom is -0.486 e. The Hall–Kier alpha value is -2.80. The molecule has 7 nitrogen and oxygen atoms in total. The number of hydrogen-bond acceptors (Lipinski definition) is 7. The number of benzene rings is 2. The van der Waals surface area contributed by atoms with Crippen LogP contribution in [0.2, 0.25) is 0 Å². The largest absolute Gasteiger partial charge is 0.486 e. The lowest BCUT2D eigenvalue weighted by Crippen LogP contribution is -2.32. The Morgan fingerprint density at radius 1 is 0.935 bits per heavy atom. The normalized spacial score (nSPS) is 25.1. The summed E-state index contributed by atoms with van der Waals surface area (Å²) in [6.45, 7) is 1.20. The van der Waals surface area contributed by atoms with E-state index >= 15 is 0 Å². The molecule has 2 aromatic rings. The van der Waals surface area contributed by atoms with E-state index in [1.807, 2.05) is 6.07 Å². The van der Waals surface area contributed by atoms with Gasteiger partial charge in [-0.2, -0.15) is 9.81 Å². The van der Waals surface area contributed by atoms with E-state index in [1.54, 1.807) is 0 Å². The summed E-state index contributed by atoms with van der Waals surface area (Å²) in [5.41, 5.74) is 4.85. The van der Waals surface area contributed by atoms with Crippen LogP contribution in [0, 0.1) is 9.81 Å². The molecule has 3 aliphatic rings. The van der Waals surface area contributed by atoms with Gasteiger partial charge in [-0.15, -0.1) is 0 Å². The average molecular weight is 422 g/mol. The fraction of sp³-hybridized carbons (Fsp3) is 0.500. The maximum atomic E-state index is 11.2. The van der Waals surface area contributed by atoms with Gasteiger partial charge in [0, 0.05) is 12.8 Å².